The van der Waals surface area contributed by atoms with Gasteiger partial charge in [-0.15, -0.1) is 0 Å². The number of imide groups is 1. The average Bonchev–Trinajstić information content (AvgIpc) is 3.30. The molecule has 3 aromatic rings. The maximum atomic E-state index is 12.7. The summed E-state index contributed by atoms with van der Waals surface area (Å²) in [5.41, 5.74) is 2.15. The van der Waals surface area contributed by atoms with Gasteiger partial charge in [0, 0.05) is 17.3 Å². The number of halogens is 2. The van der Waals surface area contributed by atoms with Crippen LogP contribution < -0.4 is 10.6 Å². The number of carbonyl (C=O) groups is 3. The van der Waals surface area contributed by atoms with Crippen molar-refractivity contribution in [3.8, 4) is 11.3 Å². The summed E-state index contributed by atoms with van der Waals surface area (Å²) in [4.78, 5) is 38.0. The zero-order chi connectivity index (χ0) is 22.8. The highest BCUT2D eigenvalue weighted by molar-refractivity contribution is 6.43. The van der Waals surface area contributed by atoms with Crippen molar-refractivity contribution in [3.05, 3.63) is 81.7 Å². The topological polar surface area (TPSA) is 91.7 Å². The van der Waals surface area contributed by atoms with Crippen molar-refractivity contribution in [1.29, 1.82) is 0 Å². The lowest BCUT2D eigenvalue weighted by Gasteiger charge is -2.12. The molecule has 4 rings (SSSR count). The van der Waals surface area contributed by atoms with E-state index in [2.05, 4.69) is 10.6 Å². The van der Waals surface area contributed by atoms with Crippen LogP contribution in [0.4, 0.5) is 10.5 Å². The summed E-state index contributed by atoms with van der Waals surface area (Å²) in [7, 11) is 0. The van der Waals surface area contributed by atoms with Crippen molar-refractivity contribution in [2.24, 2.45) is 0 Å². The highest BCUT2D eigenvalue weighted by Gasteiger charge is 2.35. The maximum Gasteiger partial charge on any atom is 0.329 e. The number of carbonyl (C=O) groups excluding carboxylic acids is 3. The van der Waals surface area contributed by atoms with E-state index in [1.165, 1.54) is 6.08 Å². The quantitative estimate of drug-likeness (QED) is 0.401. The summed E-state index contributed by atoms with van der Waals surface area (Å²) >= 11 is 12.3. The number of nitrogens with zero attached hydrogens (tertiary/aromatic N) is 1. The second kappa shape index (κ2) is 8.90. The monoisotopic (exact) mass is 469 g/mol. The van der Waals surface area contributed by atoms with Crippen LogP contribution in [0.25, 0.3) is 17.4 Å². The molecule has 2 heterocycles. The number of hydrogen-bond donors (Lipinski definition) is 2. The van der Waals surface area contributed by atoms with Gasteiger partial charge in [0.1, 0.15) is 23.8 Å². The van der Waals surface area contributed by atoms with Crippen LogP contribution in [-0.4, -0.2) is 29.3 Å². The van der Waals surface area contributed by atoms with Gasteiger partial charge in [-0.1, -0.05) is 41.4 Å². The SMILES string of the molecule is Cc1cccc(NC(=O)CN2C(=O)N/C(=C\c3ccc(-c4cccc(Cl)c4Cl)o3)C2=O)c1. The second-order valence-corrected chi connectivity index (χ2v) is 7.89. The first-order chi connectivity index (χ1) is 15.3. The Hall–Kier alpha value is -3.55. The summed E-state index contributed by atoms with van der Waals surface area (Å²) < 4.78 is 5.74. The molecular formula is C23H17Cl2N3O4. The van der Waals surface area contributed by atoms with Gasteiger partial charge in [0.05, 0.1) is 10.0 Å². The number of hydrogen-bond acceptors (Lipinski definition) is 4. The van der Waals surface area contributed by atoms with Gasteiger partial charge in [0.15, 0.2) is 0 Å². The van der Waals surface area contributed by atoms with Crippen molar-refractivity contribution in [3.63, 3.8) is 0 Å². The fraction of sp³-hybridized carbons (Fsp3) is 0.0870. The number of amides is 4. The van der Waals surface area contributed by atoms with E-state index in [1.54, 1.807) is 48.5 Å². The number of benzene rings is 2. The molecule has 9 heteroatoms. The fourth-order valence-electron chi connectivity index (χ4n) is 3.19. The summed E-state index contributed by atoms with van der Waals surface area (Å²) in [5.74, 6) is -0.342. The smallest absolute Gasteiger partial charge is 0.329 e. The second-order valence-electron chi connectivity index (χ2n) is 7.10. The lowest BCUT2D eigenvalue weighted by molar-refractivity contribution is -0.127. The lowest BCUT2D eigenvalue weighted by atomic mass is 10.2. The Morgan fingerprint density at radius 2 is 1.91 bits per heavy atom. The number of anilines is 1. The van der Waals surface area contributed by atoms with Gasteiger partial charge >= 0.3 is 6.03 Å². The van der Waals surface area contributed by atoms with Crippen LogP contribution in [0.15, 0.2) is 64.7 Å². The van der Waals surface area contributed by atoms with Gasteiger partial charge in [0.25, 0.3) is 5.91 Å². The van der Waals surface area contributed by atoms with Crippen molar-refractivity contribution in [2.75, 3.05) is 11.9 Å². The van der Waals surface area contributed by atoms with Gasteiger partial charge in [0.2, 0.25) is 5.91 Å². The Morgan fingerprint density at radius 1 is 1.12 bits per heavy atom. The van der Waals surface area contributed by atoms with Crippen LogP contribution in [0.3, 0.4) is 0 Å². The first kappa shape index (κ1) is 21.7. The van der Waals surface area contributed by atoms with E-state index in [9.17, 15) is 14.4 Å². The van der Waals surface area contributed by atoms with Crippen LogP contribution in [0.5, 0.6) is 0 Å². The molecule has 1 aromatic heterocycles. The molecule has 32 heavy (non-hydrogen) atoms. The van der Waals surface area contributed by atoms with Crippen LogP contribution >= 0.6 is 23.2 Å². The normalized spacial score (nSPS) is 14.7. The van der Waals surface area contributed by atoms with E-state index in [4.69, 9.17) is 27.6 Å². The van der Waals surface area contributed by atoms with Crippen LogP contribution in [-0.2, 0) is 9.59 Å². The Bertz CT molecular complexity index is 1270. The number of rotatable bonds is 5. The minimum atomic E-state index is -0.690. The van der Waals surface area contributed by atoms with E-state index < -0.39 is 24.4 Å². The van der Waals surface area contributed by atoms with E-state index in [0.29, 0.717) is 32.8 Å². The summed E-state index contributed by atoms with van der Waals surface area (Å²) in [5, 5.41) is 5.87. The number of nitrogens with one attached hydrogen (secondary N) is 2. The molecule has 0 spiro atoms. The van der Waals surface area contributed by atoms with E-state index in [-0.39, 0.29) is 5.70 Å². The van der Waals surface area contributed by atoms with Crippen molar-refractivity contribution < 1.29 is 18.8 Å². The molecule has 1 aliphatic heterocycles. The average molecular weight is 470 g/mol. The molecular weight excluding hydrogens is 453 g/mol. The molecule has 1 aliphatic rings. The van der Waals surface area contributed by atoms with Crippen LogP contribution in [0.1, 0.15) is 11.3 Å². The van der Waals surface area contributed by atoms with Crippen molar-refractivity contribution in [2.45, 2.75) is 6.92 Å². The Morgan fingerprint density at radius 3 is 2.69 bits per heavy atom. The zero-order valence-electron chi connectivity index (χ0n) is 16.8. The molecule has 2 aromatic carbocycles. The van der Waals surface area contributed by atoms with E-state index >= 15 is 0 Å². The molecule has 0 bridgehead atoms. The Labute approximate surface area is 193 Å². The molecule has 0 aliphatic carbocycles. The fourth-order valence-corrected chi connectivity index (χ4v) is 3.59. The highest BCUT2D eigenvalue weighted by Crippen LogP contribution is 2.34. The molecule has 0 atom stereocenters. The van der Waals surface area contributed by atoms with E-state index in [1.807, 2.05) is 13.0 Å². The number of furan rings is 1. The minimum Gasteiger partial charge on any atom is -0.457 e. The third-order valence-electron chi connectivity index (χ3n) is 4.70. The van der Waals surface area contributed by atoms with E-state index in [0.717, 1.165) is 10.5 Å². The summed E-state index contributed by atoms with van der Waals surface area (Å²) in [6.45, 7) is 1.47. The molecule has 0 radical (unpaired) electrons. The molecule has 162 valence electrons. The highest BCUT2D eigenvalue weighted by atomic mass is 35.5. The summed E-state index contributed by atoms with van der Waals surface area (Å²) in [6, 6.07) is 15.0. The largest absolute Gasteiger partial charge is 0.457 e. The van der Waals surface area contributed by atoms with Crippen molar-refractivity contribution >= 4 is 52.8 Å². The van der Waals surface area contributed by atoms with Gasteiger partial charge < -0.3 is 15.1 Å². The Balaban J connectivity index is 1.47. The first-order valence-corrected chi connectivity index (χ1v) is 10.3. The predicted octanol–water partition coefficient (Wildman–Crippen LogP) is 5.09. The third-order valence-corrected chi connectivity index (χ3v) is 5.52. The number of aryl methyl sites for hydroxylation is 1. The molecule has 2 N–H and O–H groups in total. The molecule has 0 saturated carbocycles. The molecule has 4 amide bonds. The number of urea groups is 1. The molecule has 1 saturated heterocycles. The Kier molecular flexibility index (Phi) is 6.03. The molecule has 0 unspecified atom stereocenters. The standard InChI is InChI=1S/C23H17Cl2N3O4/c1-13-4-2-5-14(10-13)26-20(29)12-28-22(30)18(27-23(28)31)11-15-8-9-19(32-15)16-6-3-7-17(24)21(16)25/h2-11H,12H2,1H3,(H,26,29)(H,27,31)/b18-11-. The van der Waals surface area contributed by atoms with Gasteiger partial charge in [-0.05, 0) is 48.9 Å². The minimum absolute atomic E-state index is 0.00329. The zero-order valence-corrected chi connectivity index (χ0v) is 18.3. The van der Waals surface area contributed by atoms with Gasteiger partial charge in [-0.2, -0.15) is 0 Å². The predicted molar refractivity (Wildman–Crippen MR) is 122 cm³/mol. The maximum absolute atomic E-state index is 12.7. The third kappa shape index (κ3) is 4.54. The summed E-state index contributed by atoms with van der Waals surface area (Å²) in [6.07, 6.45) is 1.39. The van der Waals surface area contributed by atoms with Gasteiger partial charge in [-0.25, -0.2) is 9.69 Å². The van der Waals surface area contributed by atoms with Crippen LogP contribution in [0, 0.1) is 6.92 Å². The van der Waals surface area contributed by atoms with Gasteiger partial charge in [-0.3, -0.25) is 9.59 Å². The molecule has 1 fully saturated rings. The lowest BCUT2D eigenvalue weighted by Crippen LogP contribution is -2.38. The van der Waals surface area contributed by atoms with Crippen LogP contribution in [0.2, 0.25) is 10.0 Å². The first-order valence-electron chi connectivity index (χ1n) is 9.57. The molecule has 7 nitrogen and oxygen atoms in total. The van der Waals surface area contributed by atoms with Crippen molar-refractivity contribution in [1.82, 2.24) is 10.2 Å².